The van der Waals surface area contributed by atoms with Crippen LogP contribution in [0, 0.1) is 5.92 Å². The Morgan fingerprint density at radius 2 is 1.94 bits per heavy atom. The molecule has 0 bridgehead atoms. The third-order valence-corrected chi connectivity index (χ3v) is 3.63. The fourth-order valence-corrected chi connectivity index (χ4v) is 2.59. The van der Waals surface area contributed by atoms with Gasteiger partial charge in [0.2, 0.25) is 5.91 Å². The van der Waals surface area contributed by atoms with E-state index < -0.39 is 28.7 Å². The van der Waals surface area contributed by atoms with Gasteiger partial charge in [-0.15, -0.1) is 0 Å². The van der Waals surface area contributed by atoms with Crippen LogP contribution in [0.4, 0.5) is 0 Å². The van der Waals surface area contributed by atoms with Crippen LogP contribution in [0.1, 0.15) is 33.6 Å². The lowest BCUT2D eigenvalue weighted by molar-refractivity contribution is -0.140. The third kappa shape index (κ3) is 8.85. The van der Waals surface area contributed by atoms with Crippen molar-refractivity contribution in [3.63, 3.8) is 0 Å². The molecule has 17 heavy (non-hydrogen) atoms. The van der Waals surface area contributed by atoms with E-state index in [0.717, 1.165) is 12.8 Å². The van der Waals surface area contributed by atoms with E-state index in [2.05, 4.69) is 19.2 Å². The first-order chi connectivity index (χ1) is 7.82. The summed E-state index contributed by atoms with van der Waals surface area (Å²) < 4.78 is 11.6. The summed E-state index contributed by atoms with van der Waals surface area (Å²) >= 11 is 0. The number of carboxylic acids is 1. The highest BCUT2D eigenvalue weighted by molar-refractivity contribution is 7.85. The number of nitrogens with one attached hydrogen (secondary N) is 1. The van der Waals surface area contributed by atoms with Crippen LogP contribution in [0.5, 0.6) is 0 Å². The molecule has 2 atom stereocenters. The van der Waals surface area contributed by atoms with Gasteiger partial charge in [0.15, 0.2) is 0 Å². The first-order valence-electron chi connectivity index (χ1n) is 5.67. The molecule has 1 amide bonds. The molecule has 0 aliphatic carbocycles. The Labute approximate surface area is 104 Å². The monoisotopic (exact) mass is 263 g/mol. The van der Waals surface area contributed by atoms with Crippen molar-refractivity contribution in [1.29, 1.82) is 0 Å². The SMILES string of the molecule is CC(=O)NC(CS(=O)CCCC(C)C)C(=O)O. The Morgan fingerprint density at radius 1 is 1.35 bits per heavy atom. The summed E-state index contributed by atoms with van der Waals surface area (Å²) in [6.07, 6.45) is 1.79. The van der Waals surface area contributed by atoms with Gasteiger partial charge in [0, 0.05) is 23.5 Å². The van der Waals surface area contributed by atoms with Crippen molar-refractivity contribution in [2.24, 2.45) is 5.92 Å². The number of hydrogen-bond acceptors (Lipinski definition) is 3. The van der Waals surface area contributed by atoms with Crippen molar-refractivity contribution in [3.05, 3.63) is 0 Å². The first kappa shape index (κ1) is 16.1. The fraction of sp³-hybridized carbons (Fsp3) is 0.818. The highest BCUT2D eigenvalue weighted by atomic mass is 32.2. The molecule has 0 aliphatic rings. The van der Waals surface area contributed by atoms with Crippen LogP contribution in [0.3, 0.4) is 0 Å². The number of carboxylic acid groups (broad SMARTS) is 1. The van der Waals surface area contributed by atoms with Crippen molar-refractivity contribution in [3.8, 4) is 0 Å². The molecule has 0 heterocycles. The van der Waals surface area contributed by atoms with Crippen molar-refractivity contribution in [2.75, 3.05) is 11.5 Å². The zero-order valence-electron chi connectivity index (χ0n) is 10.6. The Hall–Kier alpha value is -0.910. The van der Waals surface area contributed by atoms with E-state index in [0.29, 0.717) is 11.7 Å². The second kappa shape index (κ2) is 8.22. The van der Waals surface area contributed by atoms with Crippen molar-refractivity contribution >= 4 is 22.7 Å². The molecule has 5 nitrogen and oxygen atoms in total. The summed E-state index contributed by atoms with van der Waals surface area (Å²) in [5.41, 5.74) is 0. The lowest BCUT2D eigenvalue weighted by Crippen LogP contribution is -2.43. The molecule has 6 heteroatoms. The maximum absolute atomic E-state index is 11.6. The van der Waals surface area contributed by atoms with Crippen LogP contribution in [0.25, 0.3) is 0 Å². The van der Waals surface area contributed by atoms with Gasteiger partial charge in [-0.2, -0.15) is 0 Å². The Balaban J connectivity index is 4.04. The number of amides is 1. The molecule has 0 aliphatic heterocycles. The van der Waals surface area contributed by atoms with Crippen LogP contribution >= 0.6 is 0 Å². The van der Waals surface area contributed by atoms with Gasteiger partial charge in [-0.3, -0.25) is 9.00 Å². The van der Waals surface area contributed by atoms with E-state index >= 15 is 0 Å². The smallest absolute Gasteiger partial charge is 0.327 e. The minimum Gasteiger partial charge on any atom is -0.480 e. The van der Waals surface area contributed by atoms with E-state index in [-0.39, 0.29) is 5.75 Å². The highest BCUT2D eigenvalue weighted by Crippen LogP contribution is 2.04. The molecule has 0 spiro atoms. The molecule has 0 radical (unpaired) electrons. The van der Waals surface area contributed by atoms with Gasteiger partial charge in [0.1, 0.15) is 6.04 Å². The Bertz CT molecular complexity index is 291. The van der Waals surface area contributed by atoms with E-state index in [4.69, 9.17) is 5.11 Å². The predicted octanol–water partition coefficient (Wildman–Crippen LogP) is 0.761. The Kier molecular flexibility index (Phi) is 7.78. The summed E-state index contributed by atoms with van der Waals surface area (Å²) in [7, 11) is -1.20. The van der Waals surface area contributed by atoms with Crippen molar-refractivity contribution in [1.82, 2.24) is 5.32 Å². The summed E-state index contributed by atoms with van der Waals surface area (Å²) in [4.78, 5) is 21.6. The zero-order valence-corrected chi connectivity index (χ0v) is 11.4. The standard InChI is InChI=1S/C11H21NO4S/c1-8(2)5-4-6-17(16)7-10(11(14)15)12-9(3)13/h8,10H,4-7H2,1-3H3,(H,12,13)(H,14,15). The van der Waals surface area contributed by atoms with Crippen LogP contribution in [-0.2, 0) is 20.4 Å². The van der Waals surface area contributed by atoms with E-state index in [1.54, 1.807) is 0 Å². The van der Waals surface area contributed by atoms with Gasteiger partial charge in [-0.05, 0) is 12.3 Å². The maximum atomic E-state index is 11.6. The maximum Gasteiger partial charge on any atom is 0.327 e. The van der Waals surface area contributed by atoms with Crippen LogP contribution in [0.15, 0.2) is 0 Å². The minimum absolute atomic E-state index is 0.0208. The summed E-state index contributed by atoms with van der Waals surface area (Å²) in [6.45, 7) is 5.41. The summed E-state index contributed by atoms with van der Waals surface area (Å²) in [6, 6.07) is -1.05. The molecule has 0 aromatic rings. The van der Waals surface area contributed by atoms with Gasteiger partial charge in [-0.25, -0.2) is 4.79 Å². The molecular formula is C11H21NO4S. The largest absolute Gasteiger partial charge is 0.480 e. The van der Waals surface area contributed by atoms with Gasteiger partial charge in [0.25, 0.3) is 0 Å². The highest BCUT2D eigenvalue weighted by Gasteiger charge is 2.20. The fourth-order valence-electron chi connectivity index (χ4n) is 1.34. The number of aliphatic carboxylic acids is 1. The molecule has 0 aromatic carbocycles. The van der Waals surface area contributed by atoms with Gasteiger partial charge in [0.05, 0.1) is 5.75 Å². The topological polar surface area (TPSA) is 83.5 Å². The lowest BCUT2D eigenvalue weighted by Gasteiger charge is -2.12. The number of carbonyl (C=O) groups is 2. The average molecular weight is 263 g/mol. The van der Waals surface area contributed by atoms with Crippen LogP contribution < -0.4 is 5.32 Å². The minimum atomic E-state index is -1.20. The average Bonchev–Trinajstić information content (AvgIpc) is 2.15. The molecular weight excluding hydrogens is 242 g/mol. The predicted molar refractivity (Wildman–Crippen MR) is 67.2 cm³/mol. The number of carbonyl (C=O) groups excluding carboxylic acids is 1. The lowest BCUT2D eigenvalue weighted by atomic mass is 10.1. The van der Waals surface area contributed by atoms with Crippen LogP contribution in [-0.4, -0.2) is 38.7 Å². The van der Waals surface area contributed by atoms with Gasteiger partial charge in [-0.1, -0.05) is 20.3 Å². The first-order valence-corrected chi connectivity index (χ1v) is 7.16. The van der Waals surface area contributed by atoms with E-state index in [9.17, 15) is 13.8 Å². The number of hydrogen-bond donors (Lipinski definition) is 2. The van der Waals surface area contributed by atoms with E-state index in [1.807, 2.05) is 0 Å². The molecule has 0 saturated heterocycles. The third-order valence-electron chi connectivity index (χ3n) is 2.18. The second-order valence-corrected chi connectivity index (χ2v) is 6.06. The van der Waals surface area contributed by atoms with Crippen molar-refractivity contribution in [2.45, 2.75) is 39.7 Å². The van der Waals surface area contributed by atoms with Crippen LogP contribution in [0.2, 0.25) is 0 Å². The molecule has 0 saturated carbocycles. The van der Waals surface area contributed by atoms with E-state index in [1.165, 1.54) is 6.92 Å². The second-order valence-electron chi connectivity index (χ2n) is 4.44. The quantitative estimate of drug-likeness (QED) is 0.677. The number of rotatable bonds is 8. The normalized spacial score (nSPS) is 14.4. The summed E-state index contributed by atoms with van der Waals surface area (Å²) in [5, 5.41) is 11.1. The summed E-state index contributed by atoms with van der Waals surface area (Å²) in [5.74, 6) is -0.541. The molecule has 0 rings (SSSR count). The van der Waals surface area contributed by atoms with Crippen molar-refractivity contribution < 1.29 is 18.9 Å². The molecule has 0 aromatic heterocycles. The molecule has 100 valence electrons. The molecule has 2 N–H and O–H groups in total. The van der Waals surface area contributed by atoms with Gasteiger partial charge >= 0.3 is 5.97 Å². The zero-order chi connectivity index (χ0) is 13.4. The van der Waals surface area contributed by atoms with Gasteiger partial charge < -0.3 is 10.4 Å². The Morgan fingerprint density at radius 3 is 2.35 bits per heavy atom. The molecule has 0 fully saturated rings. The molecule has 2 unspecified atom stereocenters.